The number of nitrogens with zero attached hydrogens (tertiary/aromatic N) is 1. The van der Waals surface area contributed by atoms with Gasteiger partial charge in [-0.15, -0.1) is 18.3 Å². The Balaban J connectivity index is 2.70. The van der Waals surface area contributed by atoms with E-state index in [0.717, 1.165) is 4.90 Å². The molecule has 0 aromatic heterocycles. The highest BCUT2D eigenvalue weighted by atomic mass is 32.2. The number of phenolic OH excluding ortho intramolecular Hbond substituents is 1. The Morgan fingerprint density at radius 2 is 2.08 bits per heavy atom. The van der Waals surface area contributed by atoms with E-state index in [9.17, 15) is 0 Å². The number of benzene rings is 1. The van der Waals surface area contributed by atoms with Crippen molar-refractivity contribution in [2.24, 2.45) is 0 Å². The summed E-state index contributed by atoms with van der Waals surface area (Å²) in [5.74, 6) is 0.233. The van der Waals surface area contributed by atoms with E-state index in [1.54, 1.807) is 30.3 Å². The van der Waals surface area contributed by atoms with Gasteiger partial charge in [0.05, 0.1) is 6.07 Å². The van der Waals surface area contributed by atoms with Crippen LogP contribution in [0.25, 0.3) is 0 Å². The molecule has 13 heavy (non-hydrogen) atoms. The zero-order valence-corrected chi connectivity index (χ0v) is 7.79. The third kappa shape index (κ3) is 2.85. The van der Waals surface area contributed by atoms with Gasteiger partial charge < -0.3 is 5.11 Å². The number of thioether (sulfide) groups is 1. The van der Waals surface area contributed by atoms with Gasteiger partial charge in [-0.05, 0) is 24.3 Å². The summed E-state index contributed by atoms with van der Waals surface area (Å²) in [4.78, 5) is 0.948. The zero-order valence-electron chi connectivity index (χ0n) is 6.97. The predicted octanol–water partition coefficient (Wildman–Crippen LogP) is 2.56. The second-order valence-electron chi connectivity index (χ2n) is 2.40. The van der Waals surface area contributed by atoms with Crippen molar-refractivity contribution >= 4 is 11.8 Å². The number of hydrogen-bond donors (Lipinski definition) is 1. The zero-order chi connectivity index (χ0) is 9.68. The third-order valence-electron chi connectivity index (χ3n) is 1.44. The van der Waals surface area contributed by atoms with E-state index in [1.165, 1.54) is 11.8 Å². The van der Waals surface area contributed by atoms with Crippen LogP contribution in [0.3, 0.4) is 0 Å². The molecule has 1 atom stereocenters. The van der Waals surface area contributed by atoms with Gasteiger partial charge in [-0.2, -0.15) is 5.26 Å². The highest BCUT2D eigenvalue weighted by Crippen LogP contribution is 2.24. The molecule has 66 valence electrons. The van der Waals surface area contributed by atoms with E-state index in [1.807, 2.05) is 0 Å². The fourth-order valence-corrected chi connectivity index (χ4v) is 1.53. The van der Waals surface area contributed by atoms with Crippen molar-refractivity contribution in [3.05, 3.63) is 36.9 Å². The van der Waals surface area contributed by atoms with Gasteiger partial charge in [-0.25, -0.2) is 0 Å². The normalized spacial score (nSPS) is 11.6. The molecule has 0 amide bonds. The summed E-state index contributed by atoms with van der Waals surface area (Å²) in [5.41, 5.74) is 0. The molecule has 1 aromatic carbocycles. The van der Waals surface area contributed by atoms with Crippen LogP contribution in [0.5, 0.6) is 5.75 Å². The first-order valence-electron chi connectivity index (χ1n) is 3.74. The average molecular weight is 191 g/mol. The van der Waals surface area contributed by atoms with Crippen molar-refractivity contribution in [1.29, 1.82) is 5.26 Å². The summed E-state index contributed by atoms with van der Waals surface area (Å²) in [6.07, 6.45) is 1.59. The van der Waals surface area contributed by atoms with Crippen molar-refractivity contribution in [2.75, 3.05) is 0 Å². The van der Waals surface area contributed by atoms with Crippen LogP contribution in [0.1, 0.15) is 0 Å². The van der Waals surface area contributed by atoms with Gasteiger partial charge in [0.1, 0.15) is 11.0 Å². The van der Waals surface area contributed by atoms with E-state index < -0.39 is 0 Å². The molecule has 0 saturated carbocycles. The highest BCUT2D eigenvalue weighted by molar-refractivity contribution is 8.00. The third-order valence-corrected chi connectivity index (χ3v) is 2.54. The lowest BCUT2D eigenvalue weighted by Crippen LogP contribution is -1.90. The minimum atomic E-state index is -0.232. The van der Waals surface area contributed by atoms with E-state index in [4.69, 9.17) is 10.4 Å². The monoisotopic (exact) mass is 191 g/mol. The summed E-state index contributed by atoms with van der Waals surface area (Å²) < 4.78 is 0. The standard InChI is InChI=1S/C10H9NOS/c1-2-9(7-11)13-10-5-3-8(12)4-6-10/h2-6,9,12H,1H2. The molecule has 0 fully saturated rings. The summed E-state index contributed by atoms with van der Waals surface area (Å²) in [6.45, 7) is 3.55. The number of hydrogen-bond acceptors (Lipinski definition) is 3. The first-order valence-corrected chi connectivity index (χ1v) is 4.62. The molecule has 3 heteroatoms. The van der Waals surface area contributed by atoms with Crippen LogP contribution in [0.2, 0.25) is 0 Å². The number of phenols is 1. The van der Waals surface area contributed by atoms with Crippen molar-refractivity contribution in [3.8, 4) is 11.8 Å². The molecule has 2 nitrogen and oxygen atoms in total. The fraction of sp³-hybridized carbons (Fsp3) is 0.100. The Labute approximate surface area is 81.5 Å². The molecule has 0 saturated heterocycles. The smallest absolute Gasteiger partial charge is 0.115 e. The van der Waals surface area contributed by atoms with Crippen LogP contribution >= 0.6 is 11.8 Å². The first kappa shape index (κ1) is 9.69. The van der Waals surface area contributed by atoms with Gasteiger partial charge in [0.2, 0.25) is 0 Å². The summed E-state index contributed by atoms with van der Waals surface area (Å²) in [5, 5.41) is 17.4. The number of nitriles is 1. The van der Waals surface area contributed by atoms with Crippen LogP contribution < -0.4 is 0 Å². The van der Waals surface area contributed by atoms with Crippen molar-refractivity contribution in [2.45, 2.75) is 10.1 Å². The molecule has 0 bridgehead atoms. The number of rotatable bonds is 3. The van der Waals surface area contributed by atoms with Crippen molar-refractivity contribution < 1.29 is 5.11 Å². The van der Waals surface area contributed by atoms with E-state index in [0.29, 0.717) is 0 Å². The van der Waals surface area contributed by atoms with Crippen LogP contribution in [-0.2, 0) is 0 Å². The Hall–Kier alpha value is -1.40. The minimum Gasteiger partial charge on any atom is -0.508 e. The molecule has 0 aliphatic heterocycles. The lowest BCUT2D eigenvalue weighted by molar-refractivity contribution is 0.475. The van der Waals surface area contributed by atoms with Gasteiger partial charge in [0.25, 0.3) is 0 Å². The molecular weight excluding hydrogens is 182 g/mol. The lowest BCUT2D eigenvalue weighted by Gasteiger charge is -2.02. The van der Waals surface area contributed by atoms with Gasteiger partial charge in [0.15, 0.2) is 0 Å². The Kier molecular flexibility index (Phi) is 3.41. The number of aromatic hydroxyl groups is 1. The molecule has 1 rings (SSSR count). The first-order chi connectivity index (χ1) is 6.26. The molecule has 0 heterocycles. The van der Waals surface area contributed by atoms with Crippen molar-refractivity contribution in [3.63, 3.8) is 0 Å². The second-order valence-corrected chi connectivity index (χ2v) is 3.61. The average Bonchev–Trinajstić information content (AvgIpc) is 2.17. The Morgan fingerprint density at radius 1 is 1.46 bits per heavy atom. The second kappa shape index (κ2) is 4.58. The summed E-state index contributed by atoms with van der Waals surface area (Å²) in [6, 6.07) is 8.83. The Morgan fingerprint density at radius 3 is 2.54 bits per heavy atom. The van der Waals surface area contributed by atoms with E-state index in [-0.39, 0.29) is 11.0 Å². The molecular formula is C10H9NOS. The fourth-order valence-electron chi connectivity index (χ4n) is 0.798. The maximum Gasteiger partial charge on any atom is 0.115 e. The molecule has 0 aliphatic rings. The van der Waals surface area contributed by atoms with Crippen LogP contribution in [0, 0.1) is 11.3 Å². The SMILES string of the molecule is C=CC(C#N)Sc1ccc(O)cc1. The van der Waals surface area contributed by atoms with E-state index >= 15 is 0 Å². The van der Waals surface area contributed by atoms with E-state index in [2.05, 4.69) is 12.6 Å². The van der Waals surface area contributed by atoms with Gasteiger partial charge in [-0.3, -0.25) is 0 Å². The van der Waals surface area contributed by atoms with Gasteiger partial charge in [-0.1, -0.05) is 6.08 Å². The minimum absolute atomic E-state index is 0.232. The van der Waals surface area contributed by atoms with Gasteiger partial charge >= 0.3 is 0 Å². The van der Waals surface area contributed by atoms with Crippen LogP contribution in [0.15, 0.2) is 41.8 Å². The largest absolute Gasteiger partial charge is 0.508 e. The maximum absolute atomic E-state index is 9.01. The molecule has 1 unspecified atom stereocenters. The molecule has 0 spiro atoms. The lowest BCUT2D eigenvalue weighted by atomic mass is 10.3. The maximum atomic E-state index is 9.01. The highest BCUT2D eigenvalue weighted by Gasteiger charge is 2.03. The molecule has 0 aliphatic carbocycles. The van der Waals surface area contributed by atoms with Crippen molar-refractivity contribution in [1.82, 2.24) is 0 Å². The molecule has 1 aromatic rings. The Bertz CT molecular complexity index is 326. The molecule has 0 radical (unpaired) electrons. The quantitative estimate of drug-likeness (QED) is 0.590. The predicted molar refractivity (Wildman–Crippen MR) is 53.6 cm³/mol. The summed E-state index contributed by atoms with van der Waals surface area (Å²) in [7, 11) is 0. The summed E-state index contributed by atoms with van der Waals surface area (Å²) >= 11 is 1.41. The van der Waals surface area contributed by atoms with Gasteiger partial charge in [0, 0.05) is 4.90 Å². The van der Waals surface area contributed by atoms with Crippen LogP contribution in [0.4, 0.5) is 0 Å². The topological polar surface area (TPSA) is 44.0 Å². The van der Waals surface area contributed by atoms with Crippen LogP contribution in [-0.4, -0.2) is 10.4 Å². The molecule has 1 N–H and O–H groups in total.